The van der Waals surface area contributed by atoms with E-state index in [4.69, 9.17) is 0 Å². The van der Waals surface area contributed by atoms with E-state index in [0.717, 1.165) is 54.0 Å². The molecule has 4 heterocycles. The second-order valence-electron chi connectivity index (χ2n) is 7.69. The third-order valence-electron chi connectivity index (χ3n) is 5.32. The van der Waals surface area contributed by atoms with Crippen LogP contribution in [0.15, 0.2) is 35.7 Å². The number of hydrogen-bond donors (Lipinski definition) is 1. The molecule has 0 amide bonds. The predicted molar refractivity (Wildman–Crippen MR) is 121 cm³/mol. The van der Waals surface area contributed by atoms with E-state index < -0.39 is 0 Å². The first kappa shape index (κ1) is 19.0. The molecule has 4 aromatic rings. The third-order valence-corrected chi connectivity index (χ3v) is 6.14. The van der Waals surface area contributed by atoms with Crippen molar-refractivity contribution in [2.45, 2.75) is 13.8 Å². The Hall–Kier alpha value is -3.04. The fourth-order valence-corrected chi connectivity index (χ4v) is 4.42. The van der Waals surface area contributed by atoms with Gasteiger partial charge in [0.25, 0.3) is 0 Å². The number of benzene rings is 1. The number of hydrogen-bond acceptors (Lipinski definition) is 8. The molecule has 1 fully saturated rings. The minimum atomic E-state index is 0.539. The van der Waals surface area contributed by atoms with Gasteiger partial charge < -0.3 is 15.1 Å². The van der Waals surface area contributed by atoms with Crippen LogP contribution in [0, 0.1) is 13.8 Å². The van der Waals surface area contributed by atoms with Gasteiger partial charge in [0.1, 0.15) is 17.5 Å². The van der Waals surface area contributed by atoms with Crippen LogP contribution < -0.4 is 10.2 Å². The minimum Gasteiger partial charge on any atom is -0.354 e. The maximum atomic E-state index is 4.67. The van der Waals surface area contributed by atoms with Crippen LogP contribution in [-0.4, -0.2) is 62.7 Å². The summed E-state index contributed by atoms with van der Waals surface area (Å²) in [5.41, 5.74) is 3.40. The standard InChI is InChI=1S/C21H24N8S/c1-14-4-6-16(7-5-14)17-13-30-21-25-20(26-29(17)21)24-18-12-19(23-15(2)22-18)28-10-8-27(3)9-11-28/h4-7,12-13H,8-11H2,1-3H3,(H,22,23,24,26). The molecule has 0 spiro atoms. The summed E-state index contributed by atoms with van der Waals surface area (Å²) in [6, 6.07) is 10.4. The Kier molecular flexibility index (Phi) is 4.84. The smallest absolute Gasteiger partial charge is 0.249 e. The van der Waals surface area contributed by atoms with Gasteiger partial charge in [-0.1, -0.05) is 29.8 Å². The van der Waals surface area contributed by atoms with Crippen LogP contribution in [0.4, 0.5) is 17.6 Å². The first-order valence-electron chi connectivity index (χ1n) is 10.0. The molecule has 30 heavy (non-hydrogen) atoms. The molecule has 0 bridgehead atoms. The summed E-state index contributed by atoms with van der Waals surface area (Å²) in [6.45, 7) is 8.00. The van der Waals surface area contributed by atoms with E-state index in [1.807, 2.05) is 17.5 Å². The third kappa shape index (κ3) is 3.73. The molecule has 0 radical (unpaired) electrons. The number of aryl methyl sites for hydroxylation is 2. The van der Waals surface area contributed by atoms with Gasteiger partial charge in [0.15, 0.2) is 0 Å². The van der Waals surface area contributed by atoms with Crippen LogP contribution in [0.3, 0.4) is 0 Å². The van der Waals surface area contributed by atoms with Crippen molar-refractivity contribution >= 4 is 33.9 Å². The number of nitrogens with zero attached hydrogens (tertiary/aromatic N) is 7. The van der Waals surface area contributed by atoms with Gasteiger partial charge in [-0.2, -0.15) is 4.98 Å². The average molecular weight is 421 g/mol. The van der Waals surface area contributed by atoms with E-state index in [2.05, 4.69) is 78.8 Å². The van der Waals surface area contributed by atoms with Gasteiger partial charge in [-0.15, -0.1) is 16.4 Å². The fourth-order valence-electron chi connectivity index (χ4n) is 3.59. The van der Waals surface area contributed by atoms with Crippen molar-refractivity contribution in [3.63, 3.8) is 0 Å². The van der Waals surface area contributed by atoms with Gasteiger partial charge in [0.2, 0.25) is 10.9 Å². The molecule has 0 atom stereocenters. The van der Waals surface area contributed by atoms with Gasteiger partial charge in [-0.25, -0.2) is 14.5 Å². The van der Waals surface area contributed by atoms with Gasteiger partial charge in [-0.05, 0) is 20.9 Å². The van der Waals surface area contributed by atoms with Crippen molar-refractivity contribution in [1.29, 1.82) is 0 Å². The van der Waals surface area contributed by atoms with E-state index >= 15 is 0 Å². The summed E-state index contributed by atoms with van der Waals surface area (Å²) < 4.78 is 1.88. The van der Waals surface area contributed by atoms with E-state index in [0.29, 0.717) is 11.8 Å². The predicted octanol–water partition coefficient (Wildman–Crippen LogP) is 3.36. The van der Waals surface area contributed by atoms with Gasteiger partial charge in [0.05, 0.1) is 5.69 Å². The number of anilines is 3. The van der Waals surface area contributed by atoms with E-state index in [1.165, 1.54) is 5.56 Å². The SMILES string of the molecule is Cc1ccc(-c2csc3nc(Nc4cc(N5CCN(C)CC5)nc(C)n4)nn23)cc1. The summed E-state index contributed by atoms with van der Waals surface area (Å²) in [5, 5.41) is 10.0. The quantitative estimate of drug-likeness (QED) is 0.543. The Labute approximate surface area is 179 Å². The second-order valence-corrected chi connectivity index (χ2v) is 8.53. The zero-order valence-corrected chi connectivity index (χ0v) is 18.1. The molecule has 3 aromatic heterocycles. The summed E-state index contributed by atoms with van der Waals surface area (Å²) in [7, 11) is 2.15. The highest BCUT2D eigenvalue weighted by atomic mass is 32.1. The number of piperazine rings is 1. The number of thiazole rings is 1. The topological polar surface area (TPSA) is 74.5 Å². The normalized spacial score (nSPS) is 15.1. The Morgan fingerprint density at radius 2 is 1.73 bits per heavy atom. The van der Waals surface area contributed by atoms with Crippen LogP contribution in [0.5, 0.6) is 0 Å². The molecular weight excluding hydrogens is 396 g/mol. The molecular formula is C21H24N8S. The van der Waals surface area contributed by atoms with Crippen LogP contribution in [0.2, 0.25) is 0 Å². The van der Waals surface area contributed by atoms with Crippen molar-refractivity contribution in [3.05, 3.63) is 47.1 Å². The molecule has 1 saturated heterocycles. The number of likely N-dealkylation sites (N-methyl/N-ethyl adjacent to an activating group) is 1. The number of fused-ring (bicyclic) bond motifs is 1. The van der Waals surface area contributed by atoms with E-state index in [9.17, 15) is 0 Å². The van der Waals surface area contributed by atoms with Crippen LogP contribution in [-0.2, 0) is 0 Å². The van der Waals surface area contributed by atoms with Crippen molar-refractivity contribution < 1.29 is 0 Å². The molecule has 0 aliphatic carbocycles. The molecule has 9 heteroatoms. The number of nitrogens with one attached hydrogen (secondary N) is 1. The number of aromatic nitrogens is 5. The van der Waals surface area contributed by atoms with Crippen molar-refractivity contribution in [1.82, 2.24) is 29.5 Å². The van der Waals surface area contributed by atoms with E-state index in [-0.39, 0.29) is 0 Å². The average Bonchev–Trinajstić information content (AvgIpc) is 3.29. The summed E-state index contributed by atoms with van der Waals surface area (Å²) in [6.07, 6.45) is 0. The Bertz CT molecular complexity index is 1170. The monoisotopic (exact) mass is 420 g/mol. The van der Waals surface area contributed by atoms with Crippen molar-refractivity contribution in [2.75, 3.05) is 43.4 Å². The van der Waals surface area contributed by atoms with Crippen LogP contribution in [0.25, 0.3) is 16.2 Å². The van der Waals surface area contributed by atoms with Crippen molar-refractivity contribution in [2.24, 2.45) is 0 Å². The zero-order valence-electron chi connectivity index (χ0n) is 17.3. The van der Waals surface area contributed by atoms with Gasteiger partial charge in [-0.3, -0.25) is 0 Å². The summed E-state index contributed by atoms with van der Waals surface area (Å²) in [4.78, 5) is 19.3. The molecule has 0 unspecified atom stereocenters. The van der Waals surface area contributed by atoms with Crippen LogP contribution in [0.1, 0.15) is 11.4 Å². The molecule has 5 rings (SSSR count). The first-order valence-corrected chi connectivity index (χ1v) is 10.9. The highest BCUT2D eigenvalue weighted by Gasteiger charge is 2.17. The first-order chi connectivity index (χ1) is 14.5. The Morgan fingerprint density at radius 3 is 2.50 bits per heavy atom. The molecule has 0 saturated carbocycles. The fraction of sp³-hybridized carbons (Fsp3) is 0.333. The van der Waals surface area contributed by atoms with E-state index in [1.54, 1.807) is 11.3 Å². The molecule has 1 aliphatic heterocycles. The summed E-state index contributed by atoms with van der Waals surface area (Å²) >= 11 is 1.58. The summed E-state index contributed by atoms with van der Waals surface area (Å²) in [5.74, 6) is 2.93. The Morgan fingerprint density at radius 1 is 0.967 bits per heavy atom. The molecule has 1 aliphatic rings. The van der Waals surface area contributed by atoms with Gasteiger partial charge >= 0.3 is 0 Å². The highest BCUT2D eigenvalue weighted by Crippen LogP contribution is 2.27. The van der Waals surface area contributed by atoms with Gasteiger partial charge in [0, 0.05) is 43.2 Å². The largest absolute Gasteiger partial charge is 0.354 e. The highest BCUT2D eigenvalue weighted by molar-refractivity contribution is 7.15. The Balaban J connectivity index is 1.41. The molecule has 154 valence electrons. The lowest BCUT2D eigenvalue weighted by Crippen LogP contribution is -2.44. The maximum Gasteiger partial charge on any atom is 0.249 e. The zero-order chi connectivity index (χ0) is 20.7. The second kappa shape index (κ2) is 7.66. The number of rotatable bonds is 4. The molecule has 1 N–H and O–H groups in total. The lowest BCUT2D eigenvalue weighted by Gasteiger charge is -2.33. The minimum absolute atomic E-state index is 0.539. The lowest BCUT2D eigenvalue weighted by atomic mass is 10.1. The molecule has 1 aromatic carbocycles. The maximum absolute atomic E-state index is 4.67. The van der Waals surface area contributed by atoms with Crippen LogP contribution >= 0.6 is 11.3 Å². The lowest BCUT2D eigenvalue weighted by molar-refractivity contribution is 0.312. The molecule has 8 nitrogen and oxygen atoms in total. The van der Waals surface area contributed by atoms with Crippen molar-refractivity contribution in [3.8, 4) is 11.3 Å².